The maximum absolute atomic E-state index is 12.4. The molecule has 0 bridgehead atoms. The molecule has 0 radical (unpaired) electrons. The topological polar surface area (TPSA) is 38.3 Å². The number of hydrogen-bond donors (Lipinski definition) is 1. The quantitative estimate of drug-likeness (QED) is 0.898. The maximum Gasteiger partial charge on any atom is 0.252 e. The number of carbonyl (C=O) groups excluding carboxylic acids is 1. The lowest BCUT2D eigenvalue weighted by molar-refractivity contribution is 0.0939. The van der Waals surface area contributed by atoms with E-state index in [0.717, 1.165) is 28.0 Å². The molecule has 0 spiro atoms. The minimum Gasteiger partial charge on any atom is -0.494 e. The van der Waals surface area contributed by atoms with E-state index in [0.29, 0.717) is 6.61 Å². The molecule has 22 heavy (non-hydrogen) atoms. The molecule has 2 rings (SSSR count). The van der Waals surface area contributed by atoms with Gasteiger partial charge < -0.3 is 10.1 Å². The molecule has 3 heteroatoms. The van der Waals surface area contributed by atoms with E-state index < -0.39 is 0 Å². The van der Waals surface area contributed by atoms with Gasteiger partial charge in [0.15, 0.2) is 0 Å². The minimum absolute atomic E-state index is 0.0393. The van der Waals surface area contributed by atoms with E-state index in [1.165, 1.54) is 0 Å². The van der Waals surface area contributed by atoms with Gasteiger partial charge in [0.1, 0.15) is 5.75 Å². The predicted molar refractivity (Wildman–Crippen MR) is 89.4 cm³/mol. The van der Waals surface area contributed by atoms with E-state index in [1.54, 1.807) is 0 Å². The zero-order chi connectivity index (χ0) is 16.1. The number of hydrogen-bond acceptors (Lipinski definition) is 2. The van der Waals surface area contributed by atoms with Crippen molar-refractivity contribution in [3.05, 3.63) is 64.7 Å². The summed E-state index contributed by atoms with van der Waals surface area (Å²) in [5.41, 5.74) is 3.94. The van der Waals surface area contributed by atoms with Crippen LogP contribution in [0.25, 0.3) is 0 Å². The van der Waals surface area contributed by atoms with Gasteiger partial charge in [0.05, 0.1) is 12.6 Å². The van der Waals surface area contributed by atoms with E-state index in [2.05, 4.69) is 5.32 Å². The number of amides is 1. The summed E-state index contributed by atoms with van der Waals surface area (Å²) in [6.07, 6.45) is 0. The van der Waals surface area contributed by atoms with E-state index >= 15 is 0 Å². The van der Waals surface area contributed by atoms with Crippen molar-refractivity contribution in [3.63, 3.8) is 0 Å². The lowest BCUT2D eigenvalue weighted by atomic mass is 10.0. The van der Waals surface area contributed by atoms with Crippen molar-refractivity contribution >= 4 is 5.91 Å². The molecule has 1 amide bonds. The molecule has 116 valence electrons. The van der Waals surface area contributed by atoms with E-state index in [4.69, 9.17) is 4.74 Å². The Morgan fingerprint density at radius 3 is 2.45 bits per heavy atom. The molecule has 0 aliphatic heterocycles. The Labute approximate surface area is 132 Å². The first kappa shape index (κ1) is 16.1. The summed E-state index contributed by atoms with van der Waals surface area (Å²) < 4.78 is 5.43. The molecule has 0 unspecified atom stereocenters. The normalized spacial score (nSPS) is 11.8. The zero-order valence-electron chi connectivity index (χ0n) is 13.6. The Kier molecular flexibility index (Phi) is 5.21. The second-order valence-corrected chi connectivity index (χ2v) is 5.44. The highest BCUT2D eigenvalue weighted by atomic mass is 16.5. The van der Waals surface area contributed by atoms with Gasteiger partial charge in [-0.1, -0.05) is 24.3 Å². The molecule has 0 heterocycles. The average Bonchev–Trinajstić information content (AvgIpc) is 2.51. The van der Waals surface area contributed by atoms with Gasteiger partial charge in [-0.2, -0.15) is 0 Å². The van der Waals surface area contributed by atoms with Crippen molar-refractivity contribution in [2.75, 3.05) is 6.61 Å². The highest BCUT2D eigenvalue weighted by Crippen LogP contribution is 2.19. The fraction of sp³-hybridized carbons (Fsp3) is 0.316. The van der Waals surface area contributed by atoms with Gasteiger partial charge in [-0.15, -0.1) is 0 Å². The van der Waals surface area contributed by atoms with Gasteiger partial charge in [0, 0.05) is 5.56 Å². The number of benzene rings is 2. The van der Waals surface area contributed by atoms with Gasteiger partial charge in [-0.3, -0.25) is 4.79 Å². The molecule has 0 saturated heterocycles. The van der Waals surface area contributed by atoms with Crippen LogP contribution in [-0.2, 0) is 0 Å². The fourth-order valence-electron chi connectivity index (χ4n) is 2.37. The van der Waals surface area contributed by atoms with E-state index in [9.17, 15) is 4.79 Å². The van der Waals surface area contributed by atoms with E-state index in [-0.39, 0.29) is 11.9 Å². The highest BCUT2D eigenvalue weighted by Gasteiger charge is 2.14. The summed E-state index contributed by atoms with van der Waals surface area (Å²) in [7, 11) is 0. The molecular formula is C19H23NO2. The van der Waals surface area contributed by atoms with Crippen molar-refractivity contribution < 1.29 is 9.53 Å². The maximum atomic E-state index is 12.4. The molecule has 3 nitrogen and oxygen atoms in total. The third-order valence-electron chi connectivity index (χ3n) is 3.89. The summed E-state index contributed by atoms with van der Waals surface area (Å²) in [5.74, 6) is 0.807. The largest absolute Gasteiger partial charge is 0.494 e. The Balaban J connectivity index is 2.09. The molecule has 0 aromatic heterocycles. The average molecular weight is 297 g/mol. The first-order valence-electron chi connectivity index (χ1n) is 7.62. The van der Waals surface area contributed by atoms with Crippen LogP contribution in [0.5, 0.6) is 5.75 Å². The molecule has 1 atom stereocenters. The SMILES string of the molecule is CCOc1ccc([C@@H](C)NC(=O)c2cccc(C)c2C)cc1. The number of nitrogens with one attached hydrogen (secondary N) is 1. The second-order valence-electron chi connectivity index (χ2n) is 5.44. The Morgan fingerprint density at radius 1 is 1.14 bits per heavy atom. The van der Waals surface area contributed by atoms with Gasteiger partial charge in [0.2, 0.25) is 0 Å². The van der Waals surface area contributed by atoms with Crippen molar-refractivity contribution in [2.24, 2.45) is 0 Å². The molecule has 2 aromatic carbocycles. The monoisotopic (exact) mass is 297 g/mol. The van der Waals surface area contributed by atoms with Crippen molar-refractivity contribution in [1.82, 2.24) is 5.32 Å². The number of ether oxygens (including phenoxy) is 1. The standard InChI is InChI=1S/C19H23NO2/c1-5-22-17-11-9-16(10-12-17)15(4)20-19(21)18-8-6-7-13(2)14(18)3/h6-12,15H,5H2,1-4H3,(H,20,21)/t15-/m1/s1. The molecule has 1 N–H and O–H groups in total. The lowest BCUT2D eigenvalue weighted by Gasteiger charge is -2.16. The van der Waals surface area contributed by atoms with Crippen LogP contribution in [0.1, 0.15) is 46.9 Å². The smallest absolute Gasteiger partial charge is 0.252 e. The first-order chi connectivity index (χ1) is 10.5. The van der Waals surface area contributed by atoms with Gasteiger partial charge in [-0.05, 0) is 62.6 Å². The molecule has 0 fully saturated rings. The summed E-state index contributed by atoms with van der Waals surface area (Å²) in [5, 5.41) is 3.05. The molecule has 0 aliphatic carbocycles. The molecule has 0 aliphatic rings. The number of rotatable bonds is 5. The number of carbonyl (C=O) groups is 1. The minimum atomic E-state index is -0.0527. The first-order valence-corrected chi connectivity index (χ1v) is 7.62. The number of aryl methyl sites for hydroxylation is 1. The van der Waals surface area contributed by atoms with Crippen LogP contribution in [0, 0.1) is 13.8 Å². The molecular weight excluding hydrogens is 274 g/mol. The van der Waals surface area contributed by atoms with E-state index in [1.807, 2.05) is 70.2 Å². The Bertz CT molecular complexity index is 647. The van der Waals surface area contributed by atoms with Crippen LogP contribution < -0.4 is 10.1 Å². The summed E-state index contributed by atoms with van der Waals surface area (Å²) >= 11 is 0. The summed E-state index contributed by atoms with van der Waals surface area (Å²) in [6, 6.07) is 13.6. The van der Waals surface area contributed by atoms with Crippen molar-refractivity contribution in [2.45, 2.75) is 33.7 Å². The van der Waals surface area contributed by atoms with Crippen LogP contribution in [-0.4, -0.2) is 12.5 Å². The summed E-state index contributed by atoms with van der Waals surface area (Å²) in [4.78, 5) is 12.4. The van der Waals surface area contributed by atoms with Gasteiger partial charge >= 0.3 is 0 Å². The second kappa shape index (κ2) is 7.12. The van der Waals surface area contributed by atoms with Gasteiger partial charge in [0.25, 0.3) is 5.91 Å². The third-order valence-corrected chi connectivity index (χ3v) is 3.89. The van der Waals surface area contributed by atoms with Crippen LogP contribution in [0.15, 0.2) is 42.5 Å². The summed E-state index contributed by atoms with van der Waals surface area (Å²) in [6.45, 7) is 8.59. The predicted octanol–water partition coefficient (Wildman–Crippen LogP) is 4.19. The Hall–Kier alpha value is -2.29. The van der Waals surface area contributed by atoms with Crippen LogP contribution in [0.3, 0.4) is 0 Å². The van der Waals surface area contributed by atoms with Gasteiger partial charge in [-0.25, -0.2) is 0 Å². The van der Waals surface area contributed by atoms with Crippen LogP contribution in [0.2, 0.25) is 0 Å². The van der Waals surface area contributed by atoms with Crippen LogP contribution in [0.4, 0.5) is 0 Å². The molecule has 0 saturated carbocycles. The van der Waals surface area contributed by atoms with Crippen molar-refractivity contribution in [1.29, 1.82) is 0 Å². The Morgan fingerprint density at radius 2 is 1.82 bits per heavy atom. The highest BCUT2D eigenvalue weighted by molar-refractivity contribution is 5.96. The fourth-order valence-corrected chi connectivity index (χ4v) is 2.37. The lowest BCUT2D eigenvalue weighted by Crippen LogP contribution is -2.27. The zero-order valence-corrected chi connectivity index (χ0v) is 13.6. The molecule has 2 aromatic rings. The third kappa shape index (κ3) is 3.67. The van der Waals surface area contributed by atoms with Crippen LogP contribution >= 0.6 is 0 Å². The van der Waals surface area contributed by atoms with Crippen molar-refractivity contribution in [3.8, 4) is 5.75 Å².